The Kier molecular flexibility index (Phi) is 3.63. The summed E-state index contributed by atoms with van der Waals surface area (Å²) in [7, 11) is 0. The molecule has 2 aromatic rings. The van der Waals surface area contributed by atoms with Gasteiger partial charge in [0, 0.05) is 24.2 Å². The van der Waals surface area contributed by atoms with Gasteiger partial charge in [-0.2, -0.15) is 0 Å². The number of aliphatic carboxylic acids is 1. The molecule has 6 heteroatoms. The van der Waals surface area contributed by atoms with Gasteiger partial charge in [0.15, 0.2) is 0 Å². The fourth-order valence-corrected chi connectivity index (χ4v) is 3.75. The average Bonchev–Trinajstić information content (AvgIpc) is 3.03. The van der Waals surface area contributed by atoms with Crippen LogP contribution in [0.25, 0.3) is 10.1 Å². The monoisotopic (exact) mass is 307 g/mol. The second-order valence-corrected chi connectivity index (χ2v) is 6.38. The molecule has 110 valence electrons. The van der Waals surface area contributed by atoms with Crippen LogP contribution in [0.3, 0.4) is 0 Å². The van der Waals surface area contributed by atoms with Crippen LogP contribution >= 0.6 is 11.3 Å². The summed E-state index contributed by atoms with van der Waals surface area (Å²) in [6.07, 6.45) is 0.818. The zero-order valence-corrected chi connectivity index (χ0v) is 12.0. The molecule has 0 bridgehead atoms. The molecule has 3 rings (SSSR count). The van der Waals surface area contributed by atoms with Gasteiger partial charge >= 0.3 is 5.97 Å². The molecule has 1 aromatic carbocycles. The van der Waals surface area contributed by atoms with Crippen LogP contribution in [0.15, 0.2) is 24.3 Å². The summed E-state index contributed by atoms with van der Waals surface area (Å²) in [5.74, 6) is -1.21. The summed E-state index contributed by atoms with van der Waals surface area (Å²) >= 11 is 1.27. The van der Waals surface area contributed by atoms with Crippen LogP contribution in [0.5, 0.6) is 0 Å². The minimum atomic E-state index is -0.827. The van der Waals surface area contributed by atoms with Crippen molar-refractivity contribution in [2.24, 2.45) is 5.92 Å². The van der Waals surface area contributed by atoms with Gasteiger partial charge in [-0.3, -0.25) is 9.59 Å². The smallest absolute Gasteiger partial charge is 0.303 e. The molecule has 1 atom stereocenters. The number of amides is 1. The van der Waals surface area contributed by atoms with E-state index in [4.69, 9.17) is 5.11 Å². The van der Waals surface area contributed by atoms with Crippen LogP contribution in [0, 0.1) is 11.7 Å². The van der Waals surface area contributed by atoms with E-state index in [-0.39, 0.29) is 24.1 Å². The number of hydrogen-bond acceptors (Lipinski definition) is 3. The highest BCUT2D eigenvalue weighted by Gasteiger charge is 2.29. The van der Waals surface area contributed by atoms with Gasteiger partial charge in [0.2, 0.25) is 0 Å². The van der Waals surface area contributed by atoms with E-state index in [1.54, 1.807) is 17.0 Å². The molecule has 1 aliphatic rings. The lowest BCUT2D eigenvalue weighted by molar-refractivity contribution is -0.138. The number of carboxylic acids is 1. The molecule has 1 N–H and O–H groups in total. The fourth-order valence-electron chi connectivity index (χ4n) is 2.70. The molecule has 1 fully saturated rings. The van der Waals surface area contributed by atoms with Crippen molar-refractivity contribution < 1.29 is 19.1 Å². The number of likely N-dealkylation sites (tertiary alicyclic amines) is 1. The molecule has 0 saturated carbocycles. The second kappa shape index (κ2) is 5.44. The topological polar surface area (TPSA) is 57.6 Å². The lowest BCUT2D eigenvalue weighted by atomic mass is 10.1. The zero-order chi connectivity index (χ0) is 15.0. The Balaban J connectivity index is 1.76. The Bertz CT molecular complexity index is 712. The molecular weight excluding hydrogens is 293 g/mol. The third-order valence-electron chi connectivity index (χ3n) is 3.73. The van der Waals surface area contributed by atoms with Crippen molar-refractivity contribution in [1.82, 2.24) is 4.90 Å². The number of carbonyl (C=O) groups is 2. The minimum absolute atomic E-state index is 0.0262. The van der Waals surface area contributed by atoms with E-state index >= 15 is 0 Å². The lowest BCUT2D eigenvalue weighted by Crippen LogP contribution is -2.28. The summed E-state index contributed by atoms with van der Waals surface area (Å²) in [5.41, 5.74) is 0. The Hall–Kier alpha value is -1.95. The highest BCUT2D eigenvalue weighted by Crippen LogP contribution is 2.29. The Labute approximate surface area is 124 Å². The number of nitrogens with zero attached hydrogens (tertiary/aromatic N) is 1. The van der Waals surface area contributed by atoms with Crippen LogP contribution in [-0.2, 0) is 4.79 Å². The largest absolute Gasteiger partial charge is 0.481 e. The molecule has 1 amide bonds. The molecule has 2 heterocycles. The van der Waals surface area contributed by atoms with Crippen molar-refractivity contribution in [3.05, 3.63) is 35.0 Å². The summed E-state index contributed by atoms with van der Waals surface area (Å²) in [6, 6.07) is 6.23. The number of fused-ring (bicyclic) bond motifs is 1. The van der Waals surface area contributed by atoms with Crippen molar-refractivity contribution in [2.75, 3.05) is 13.1 Å². The molecule has 21 heavy (non-hydrogen) atoms. The van der Waals surface area contributed by atoms with E-state index in [0.29, 0.717) is 18.0 Å². The Morgan fingerprint density at radius 1 is 1.38 bits per heavy atom. The molecule has 1 aliphatic heterocycles. The molecule has 1 unspecified atom stereocenters. The van der Waals surface area contributed by atoms with Crippen molar-refractivity contribution in [3.8, 4) is 0 Å². The van der Waals surface area contributed by atoms with Crippen molar-refractivity contribution >= 4 is 33.3 Å². The van der Waals surface area contributed by atoms with Crippen LogP contribution in [0.1, 0.15) is 22.5 Å². The fraction of sp³-hybridized carbons (Fsp3) is 0.333. The summed E-state index contributed by atoms with van der Waals surface area (Å²) in [5, 5.41) is 9.65. The van der Waals surface area contributed by atoms with Gasteiger partial charge in [0.1, 0.15) is 5.82 Å². The number of carbonyl (C=O) groups excluding carboxylic acids is 1. The van der Waals surface area contributed by atoms with E-state index < -0.39 is 5.97 Å². The molecule has 0 aliphatic carbocycles. The predicted octanol–water partition coefficient (Wildman–Crippen LogP) is 2.98. The van der Waals surface area contributed by atoms with Crippen LogP contribution in [-0.4, -0.2) is 35.0 Å². The number of rotatable bonds is 3. The lowest BCUT2D eigenvalue weighted by Gasteiger charge is -2.14. The van der Waals surface area contributed by atoms with E-state index in [1.165, 1.54) is 23.5 Å². The van der Waals surface area contributed by atoms with Crippen LogP contribution in [0.2, 0.25) is 0 Å². The molecule has 4 nitrogen and oxygen atoms in total. The van der Waals surface area contributed by atoms with E-state index in [2.05, 4.69) is 0 Å². The summed E-state index contributed by atoms with van der Waals surface area (Å²) < 4.78 is 13.9. The maximum Gasteiger partial charge on any atom is 0.303 e. The first-order valence-corrected chi connectivity index (χ1v) is 7.55. The first kappa shape index (κ1) is 14.0. The van der Waals surface area contributed by atoms with Gasteiger partial charge in [0.05, 0.1) is 4.88 Å². The number of carboxylic acid groups (broad SMARTS) is 1. The van der Waals surface area contributed by atoms with Crippen molar-refractivity contribution in [1.29, 1.82) is 0 Å². The third-order valence-corrected chi connectivity index (χ3v) is 4.82. The second-order valence-electron chi connectivity index (χ2n) is 5.30. The van der Waals surface area contributed by atoms with Gasteiger partial charge < -0.3 is 10.0 Å². The van der Waals surface area contributed by atoms with Gasteiger partial charge in [-0.1, -0.05) is 6.07 Å². The molecule has 1 saturated heterocycles. The normalized spacial score (nSPS) is 18.3. The van der Waals surface area contributed by atoms with E-state index in [9.17, 15) is 14.0 Å². The maximum absolute atomic E-state index is 13.2. The van der Waals surface area contributed by atoms with Crippen molar-refractivity contribution in [2.45, 2.75) is 12.8 Å². The highest BCUT2D eigenvalue weighted by molar-refractivity contribution is 7.20. The molecule has 0 spiro atoms. The van der Waals surface area contributed by atoms with E-state index in [0.717, 1.165) is 16.5 Å². The van der Waals surface area contributed by atoms with Crippen molar-refractivity contribution in [3.63, 3.8) is 0 Å². The highest BCUT2D eigenvalue weighted by atomic mass is 32.1. The standard InChI is InChI=1S/C15H14FNO3S/c16-11-2-1-10-6-13(21-12(10)7-11)15(20)17-4-3-9(8-17)5-14(18)19/h1-2,6-7,9H,3-5,8H2,(H,18,19). The maximum atomic E-state index is 13.2. The van der Waals surface area contributed by atoms with E-state index in [1.807, 2.05) is 0 Å². The average molecular weight is 307 g/mol. The molecule has 1 aromatic heterocycles. The van der Waals surface area contributed by atoms with Gasteiger partial charge in [0.25, 0.3) is 5.91 Å². The summed E-state index contributed by atoms with van der Waals surface area (Å²) in [6.45, 7) is 1.06. The van der Waals surface area contributed by atoms with Gasteiger partial charge in [-0.25, -0.2) is 4.39 Å². The Morgan fingerprint density at radius 2 is 2.19 bits per heavy atom. The summed E-state index contributed by atoms with van der Waals surface area (Å²) in [4.78, 5) is 25.4. The minimum Gasteiger partial charge on any atom is -0.481 e. The zero-order valence-electron chi connectivity index (χ0n) is 11.2. The van der Waals surface area contributed by atoms with Gasteiger partial charge in [-0.15, -0.1) is 11.3 Å². The first-order valence-electron chi connectivity index (χ1n) is 6.73. The number of hydrogen-bond donors (Lipinski definition) is 1. The number of benzene rings is 1. The molecule has 0 radical (unpaired) electrons. The number of halogens is 1. The van der Waals surface area contributed by atoms with Gasteiger partial charge in [-0.05, 0) is 35.9 Å². The quantitative estimate of drug-likeness (QED) is 0.948. The SMILES string of the molecule is O=C(O)CC1CCN(C(=O)c2cc3ccc(F)cc3s2)C1. The third kappa shape index (κ3) is 2.90. The van der Waals surface area contributed by atoms with Crippen LogP contribution < -0.4 is 0 Å². The molecular formula is C15H14FNO3S. The number of thiophene rings is 1. The predicted molar refractivity (Wildman–Crippen MR) is 78.0 cm³/mol. The first-order chi connectivity index (χ1) is 10.0. The van der Waals surface area contributed by atoms with Crippen LogP contribution in [0.4, 0.5) is 4.39 Å². The Morgan fingerprint density at radius 3 is 2.95 bits per heavy atom.